The molecule has 0 bridgehead atoms. The van der Waals surface area contributed by atoms with Crippen molar-refractivity contribution in [1.29, 1.82) is 0 Å². The Morgan fingerprint density at radius 2 is 1.30 bits per heavy atom. The van der Waals surface area contributed by atoms with Gasteiger partial charge in [0.25, 0.3) is 5.91 Å². The van der Waals surface area contributed by atoms with Crippen LogP contribution in [0.4, 0.5) is 20.4 Å². The van der Waals surface area contributed by atoms with E-state index in [1.807, 2.05) is 0 Å². The van der Waals surface area contributed by atoms with Gasteiger partial charge in [-0.25, -0.2) is 23.8 Å². The number of hydrogen-bond donors (Lipinski definition) is 2. The largest absolute Gasteiger partial charge is 0.497 e. The number of nitrogens with two attached hydrogens (primary N) is 2. The fourth-order valence-corrected chi connectivity index (χ4v) is 3.72. The fourth-order valence-electron chi connectivity index (χ4n) is 3.42. The maximum Gasteiger partial charge on any atom is 0.280 e. The Morgan fingerprint density at radius 3 is 1.77 bits per heavy atom. The Bertz CT molecular complexity index is 1640. The number of methoxy groups -OCH3 is 2. The number of nitrogens with zero attached hydrogens (tertiary/aromatic N) is 3. The van der Waals surface area contributed by atoms with Crippen molar-refractivity contribution in [3.63, 3.8) is 0 Å². The summed E-state index contributed by atoms with van der Waals surface area (Å²) < 4.78 is 36.2. The number of aryl methyl sites for hydroxylation is 2. The summed E-state index contributed by atoms with van der Waals surface area (Å²) in [5.74, 6) is -0.467. The molecule has 4 rings (SSSR count). The van der Waals surface area contributed by atoms with Crippen LogP contribution in [0.15, 0.2) is 54.6 Å². The third-order valence-corrected chi connectivity index (χ3v) is 6.33. The molecule has 0 radical (unpaired) electrons. The molecule has 1 amide bonds. The minimum absolute atomic E-state index is 0.00876. The highest BCUT2D eigenvalue weighted by Gasteiger charge is 2.20. The van der Waals surface area contributed by atoms with Crippen molar-refractivity contribution >= 4 is 46.5 Å². The van der Waals surface area contributed by atoms with E-state index in [1.165, 1.54) is 57.7 Å². The molecule has 0 spiro atoms. The zero-order valence-corrected chi connectivity index (χ0v) is 26.3. The molecular weight excluding hydrogens is 619 g/mol. The smallest absolute Gasteiger partial charge is 0.280 e. The van der Waals surface area contributed by atoms with E-state index in [4.69, 9.17) is 49.0 Å². The summed E-state index contributed by atoms with van der Waals surface area (Å²) in [6.45, 7) is 3.29. The van der Waals surface area contributed by atoms with E-state index >= 15 is 0 Å². The number of aromatic nitrogens is 2. The summed E-state index contributed by atoms with van der Waals surface area (Å²) in [6.07, 6.45) is 0. The van der Waals surface area contributed by atoms with Crippen LogP contribution in [-0.4, -0.2) is 55.1 Å². The lowest BCUT2D eigenvalue weighted by molar-refractivity contribution is -0.0756. The van der Waals surface area contributed by atoms with Crippen LogP contribution in [0, 0.1) is 25.5 Å². The average Bonchev–Trinajstić information content (AvgIpc) is 2.99. The molecule has 0 fully saturated rings. The maximum atomic E-state index is 13.7. The lowest BCUT2D eigenvalue weighted by atomic mass is 10.0. The Kier molecular flexibility index (Phi) is 13.3. The summed E-state index contributed by atoms with van der Waals surface area (Å²) in [5.41, 5.74) is 12.7. The Morgan fingerprint density at radius 1 is 0.750 bits per heavy atom. The van der Waals surface area contributed by atoms with Crippen LogP contribution in [0.1, 0.15) is 37.4 Å². The van der Waals surface area contributed by atoms with Crippen molar-refractivity contribution in [3.8, 4) is 11.5 Å². The monoisotopic (exact) mass is 649 g/mol. The summed E-state index contributed by atoms with van der Waals surface area (Å²) in [6, 6.07) is 13.1. The third-order valence-electron chi connectivity index (χ3n) is 5.91. The minimum atomic E-state index is -0.491. The Balaban J connectivity index is 0.000000245. The van der Waals surface area contributed by atoms with Crippen LogP contribution in [-0.2, 0) is 4.84 Å². The minimum Gasteiger partial charge on any atom is -0.497 e. The second-order valence-electron chi connectivity index (χ2n) is 8.86. The lowest BCUT2D eigenvalue weighted by Gasteiger charge is -2.14. The molecule has 10 nitrogen and oxygen atoms in total. The molecule has 0 unspecified atom stereocenters. The number of hydroxylamine groups is 2. The van der Waals surface area contributed by atoms with Crippen LogP contribution in [0.5, 0.6) is 11.5 Å². The third kappa shape index (κ3) is 9.49. The van der Waals surface area contributed by atoms with E-state index in [1.54, 1.807) is 33.1 Å². The van der Waals surface area contributed by atoms with Gasteiger partial charge in [0, 0.05) is 7.05 Å². The van der Waals surface area contributed by atoms with Gasteiger partial charge in [-0.2, -0.15) is 0 Å². The number of pyridine rings is 2. The fraction of sp³-hybridized carbons (Fsp3) is 0.200. The van der Waals surface area contributed by atoms with E-state index in [0.29, 0.717) is 16.9 Å². The number of carbonyl (C=O) groups is 2. The molecule has 2 aromatic heterocycles. The topological polar surface area (TPSA) is 143 Å². The first-order valence-electron chi connectivity index (χ1n) is 12.6. The van der Waals surface area contributed by atoms with Gasteiger partial charge in [0.1, 0.15) is 45.1 Å². The van der Waals surface area contributed by atoms with Gasteiger partial charge in [0.05, 0.1) is 38.0 Å². The van der Waals surface area contributed by atoms with Gasteiger partial charge < -0.3 is 20.9 Å². The molecule has 0 saturated carbocycles. The van der Waals surface area contributed by atoms with Crippen LogP contribution < -0.4 is 20.9 Å². The number of hydrogen-bond acceptors (Lipinski definition) is 9. The standard InChI is InChI=1S/C14H12ClFN2O2.C8H10ClN3O2.C8H9FO/c1-7-5-11(20-2)9(6-10(7)16)13(19)8-3-4-12(15)18-14(8)17;1-12(14-2)8(13)5-3-4-6(9)11-7(5)10;1-6-5-7(10-2)3-4-8(6)9/h3-6H,1-2H3,(H2,17,18);3-4H,1-2H3,(H2,10,11);3-5H,1-2H3. The van der Waals surface area contributed by atoms with Crippen LogP contribution >= 0.6 is 23.2 Å². The van der Waals surface area contributed by atoms with Gasteiger partial charge in [-0.15, -0.1) is 0 Å². The van der Waals surface area contributed by atoms with Crippen molar-refractivity contribution < 1.29 is 32.7 Å². The van der Waals surface area contributed by atoms with Crippen molar-refractivity contribution in [2.45, 2.75) is 13.8 Å². The Labute approximate surface area is 263 Å². The van der Waals surface area contributed by atoms with E-state index in [0.717, 1.165) is 11.1 Å². The molecule has 44 heavy (non-hydrogen) atoms. The molecule has 0 aliphatic heterocycles. The van der Waals surface area contributed by atoms with Gasteiger partial charge >= 0.3 is 0 Å². The molecule has 0 aliphatic rings. The van der Waals surface area contributed by atoms with Crippen LogP contribution in [0.2, 0.25) is 10.3 Å². The molecule has 4 aromatic rings. The number of nitrogen functional groups attached to an aromatic ring is 2. The highest BCUT2D eigenvalue weighted by molar-refractivity contribution is 6.30. The summed E-state index contributed by atoms with van der Waals surface area (Å²) in [5, 5.41) is 1.49. The number of benzene rings is 2. The van der Waals surface area contributed by atoms with Crippen LogP contribution in [0.25, 0.3) is 0 Å². The molecule has 4 N–H and O–H groups in total. The van der Waals surface area contributed by atoms with Gasteiger partial charge in [0.2, 0.25) is 5.78 Å². The van der Waals surface area contributed by atoms with Crippen LogP contribution in [0.3, 0.4) is 0 Å². The van der Waals surface area contributed by atoms with Crippen molar-refractivity contribution in [3.05, 3.63) is 104 Å². The zero-order chi connectivity index (χ0) is 33.1. The predicted octanol–water partition coefficient (Wildman–Crippen LogP) is 6.10. The zero-order valence-electron chi connectivity index (χ0n) is 24.7. The van der Waals surface area contributed by atoms with E-state index in [9.17, 15) is 18.4 Å². The summed E-state index contributed by atoms with van der Waals surface area (Å²) >= 11 is 11.3. The number of rotatable bonds is 6. The highest BCUT2D eigenvalue weighted by Crippen LogP contribution is 2.27. The first-order chi connectivity index (χ1) is 20.7. The SMILES string of the molecule is CON(C)C(=O)c1ccc(Cl)nc1N.COc1cc(C)c(F)cc1C(=O)c1ccc(Cl)nc1N.COc1ccc(F)c(C)c1. The molecule has 0 saturated heterocycles. The molecule has 14 heteroatoms. The maximum absolute atomic E-state index is 13.7. The number of amides is 1. The number of ketones is 1. The van der Waals surface area contributed by atoms with Crippen molar-refractivity contribution in [1.82, 2.24) is 15.0 Å². The number of anilines is 2. The van der Waals surface area contributed by atoms with Crippen molar-refractivity contribution in [2.75, 3.05) is 39.8 Å². The molecule has 2 heterocycles. The van der Waals surface area contributed by atoms with Gasteiger partial charge in [-0.05, 0) is 79.6 Å². The molecular formula is C30H31Cl2F2N5O5. The Hall–Kier alpha value is -4.52. The predicted molar refractivity (Wildman–Crippen MR) is 165 cm³/mol. The van der Waals surface area contributed by atoms with E-state index < -0.39 is 11.6 Å². The first-order valence-corrected chi connectivity index (χ1v) is 13.3. The molecule has 0 aliphatic carbocycles. The van der Waals surface area contributed by atoms with Crippen molar-refractivity contribution in [2.24, 2.45) is 0 Å². The van der Waals surface area contributed by atoms with Gasteiger partial charge in [-0.3, -0.25) is 14.4 Å². The lowest BCUT2D eigenvalue weighted by Crippen LogP contribution is -2.26. The van der Waals surface area contributed by atoms with Gasteiger partial charge in [-0.1, -0.05) is 23.2 Å². The first kappa shape index (κ1) is 35.7. The highest BCUT2D eigenvalue weighted by atomic mass is 35.5. The second-order valence-corrected chi connectivity index (χ2v) is 9.64. The number of halogens is 4. The normalized spacial score (nSPS) is 10.0. The van der Waals surface area contributed by atoms with Gasteiger partial charge in [0.15, 0.2) is 0 Å². The van der Waals surface area contributed by atoms with E-state index in [-0.39, 0.29) is 56.1 Å². The van der Waals surface area contributed by atoms with E-state index in [2.05, 4.69) is 9.97 Å². The average molecular weight is 651 g/mol. The summed E-state index contributed by atoms with van der Waals surface area (Å²) in [4.78, 5) is 36.2. The quantitative estimate of drug-likeness (QED) is 0.144. The summed E-state index contributed by atoms with van der Waals surface area (Å²) in [7, 11) is 5.84. The second kappa shape index (κ2) is 16.4. The number of ether oxygens (including phenoxy) is 2. The number of carbonyl (C=O) groups excluding carboxylic acids is 2. The molecule has 234 valence electrons. The molecule has 2 aromatic carbocycles. The molecule has 0 atom stereocenters.